The van der Waals surface area contributed by atoms with E-state index in [-0.39, 0.29) is 5.96 Å². The van der Waals surface area contributed by atoms with Crippen molar-refractivity contribution in [1.82, 2.24) is 24.9 Å². The summed E-state index contributed by atoms with van der Waals surface area (Å²) in [5, 5.41) is 17.0. The number of para-hydroxylation sites is 1. The molecule has 2 aromatic heterocycles. The van der Waals surface area contributed by atoms with Gasteiger partial charge >= 0.3 is 12.2 Å². The van der Waals surface area contributed by atoms with Crippen LogP contribution in [0.1, 0.15) is 117 Å². The van der Waals surface area contributed by atoms with Gasteiger partial charge in [0, 0.05) is 35.8 Å². The van der Waals surface area contributed by atoms with Gasteiger partial charge in [-0.1, -0.05) is 88.1 Å². The van der Waals surface area contributed by atoms with Gasteiger partial charge in [0.25, 0.3) is 0 Å². The maximum atomic E-state index is 12.4. The van der Waals surface area contributed by atoms with Crippen LogP contribution in [0.5, 0.6) is 0 Å². The number of ether oxygens (including phenoxy) is 1. The molecule has 0 unspecified atom stereocenters. The Labute approximate surface area is 260 Å². The van der Waals surface area contributed by atoms with Crippen molar-refractivity contribution < 1.29 is 24.0 Å². The second kappa shape index (κ2) is 15.7. The summed E-state index contributed by atoms with van der Waals surface area (Å²) in [5.41, 5.74) is 1.25. The van der Waals surface area contributed by atoms with Crippen LogP contribution in [0.4, 0.5) is 9.59 Å². The molecule has 1 aliphatic rings. The van der Waals surface area contributed by atoms with Gasteiger partial charge in [0.15, 0.2) is 0 Å². The maximum Gasteiger partial charge on any atom is 0.437 e. The van der Waals surface area contributed by atoms with Crippen LogP contribution in [-0.4, -0.2) is 55.0 Å². The van der Waals surface area contributed by atoms with E-state index in [0.717, 1.165) is 35.9 Å². The molecule has 240 valence electrons. The molecule has 11 heteroatoms. The van der Waals surface area contributed by atoms with Crippen molar-refractivity contribution in [2.75, 3.05) is 6.54 Å². The molecule has 2 amide bonds. The summed E-state index contributed by atoms with van der Waals surface area (Å²) in [5.74, 6) is 0.692. The number of fused-ring (bicyclic) bond motifs is 1. The third-order valence-corrected chi connectivity index (χ3v) is 7.84. The number of nitrogens with zero attached hydrogens (tertiary/aromatic N) is 5. The summed E-state index contributed by atoms with van der Waals surface area (Å²) >= 11 is 0. The molecular weight excluding hydrogens is 560 g/mol. The SMILES string of the molecule is CCCCCCCCCCCCn1cc(-c2noc([C@@H]3CCCN3C(=NC(=O)OC(C)(C)C)NC(=O)O)n2)c2ccccc21. The third kappa shape index (κ3) is 9.30. The van der Waals surface area contributed by atoms with Crippen molar-refractivity contribution in [2.24, 2.45) is 4.99 Å². The molecule has 0 radical (unpaired) electrons. The van der Waals surface area contributed by atoms with Crippen LogP contribution in [0.3, 0.4) is 0 Å². The molecule has 1 saturated heterocycles. The molecule has 3 heterocycles. The number of amides is 2. The van der Waals surface area contributed by atoms with Crippen LogP contribution in [0, 0.1) is 0 Å². The van der Waals surface area contributed by atoms with E-state index in [9.17, 15) is 14.7 Å². The predicted octanol–water partition coefficient (Wildman–Crippen LogP) is 8.31. The average molecular weight is 609 g/mol. The van der Waals surface area contributed by atoms with E-state index < -0.39 is 23.8 Å². The Bertz CT molecular complexity index is 1410. The van der Waals surface area contributed by atoms with Gasteiger partial charge < -0.3 is 23.8 Å². The highest BCUT2D eigenvalue weighted by molar-refractivity contribution is 5.98. The first-order valence-corrected chi connectivity index (χ1v) is 16.2. The Kier molecular flexibility index (Phi) is 11.8. The van der Waals surface area contributed by atoms with E-state index in [1.807, 2.05) is 12.1 Å². The largest absolute Gasteiger partial charge is 0.465 e. The molecule has 2 N–H and O–H groups in total. The van der Waals surface area contributed by atoms with Crippen LogP contribution in [0.25, 0.3) is 22.3 Å². The Morgan fingerprint density at radius 1 is 1.07 bits per heavy atom. The molecule has 0 aliphatic carbocycles. The van der Waals surface area contributed by atoms with Gasteiger partial charge in [0.1, 0.15) is 11.6 Å². The minimum Gasteiger partial charge on any atom is -0.465 e. The Morgan fingerprint density at radius 2 is 1.75 bits per heavy atom. The van der Waals surface area contributed by atoms with Crippen molar-refractivity contribution in [3.63, 3.8) is 0 Å². The summed E-state index contributed by atoms with van der Waals surface area (Å²) in [7, 11) is 0. The lowest BCUT2D eigenvalue weighted by molar-refractivity contribution is 0.0600. The number of carboxylic acid groups (broad SMARTS) is 1. The van der Waals surface area contributed by atoms with Gasteiger partial charge in [-0.25, -0.2) is 9.59 Å². The molecule has 0 bridgehead atoms. The molecule has 3 aromatic rings. The molecule has 0 spiro atoms. The molecule has 1 aliphatic heterocycles. The number of aromatic nitrogens is 3. The number of hydrogen-bond donors (Lipinski definition) is 2. The number of unbranched alkanes of at least 4 members (excludes halogenated alkanes) is 9. The smallest absolute Gasteiger partial charge is 0.437 e. The average Bonchev–Trinajstić information content (AvgIpc) is 3.71. The first kappa shape index (κ1) is 33.0. The highest BCUT2D eigenvalue weighted by Crippen LogP contribution is 2.34. The fourth-order valence-corrected chi connectivity index (χ4v) is 5.77. The summed E-state index contributed by atoms with van der Waals surface area (Å²) in [6, 6.07) is 7.80. The Balaban J connectivity index is 1.44. The number of likely N-dealkylation sites (tertiary alicyclic amines) is 1. The normalized spacial score (nSPS) is 15.7. The molecular formula is C33H48N6O5. The second-order valence-corrected chi connectivity index (χ2v) is 12.6. The van der Waals surface area contributed by atoms with E-state index in [2.05, 4.69) is 45.3 Å². The number of guanidine groups is 1. The Morgan fingerprint density at radius 3 is 2.43 bits per heavy atom. The fourth-order valence-electron chi connectivity index (χ4n) is 5.77. The highest BCUT2D eigenvalue weighted by Gasteiger charge is 2.35. The maximum absolute atomic E-state index is 12.4. The molecule has 4 rings (SSSR count). The third-order valence-electron chi connectivity index (χ3n) is 7.84. The van der Waals surface area contributed by atoms with Gasteiger partial charge in [-0.3, -0.25) is 5.32 Å². The minimum absolute atomic E-state index is 0.123. The zero-order chi connectivity index (χ0) is 31.5. The highest BCUT2D eigenvalue weighted by atomic mass is 16.6. The molecule has 1 fully saturated rings. The minimum atomic E-state index is -1.33. The zero-order valence-corrected chi connectivity index (χ0v) is 26.7. The Hall–Kier alpha value is -3.89. The number of carbonyl (C=O) groups is 2. The van der Waals surface area contributed by atoms with Crippen LogP contribution < -0.4 is 5.32 Å². The van der Waals surface area contributed by atoms with Crippen molar-refractivity contribution in [3.8, 4) is 11.4 Å². The number of benzene rings is 1. The van der Waals surface area contributed by atoms with Gasteiger partial charge in [-0.15, -0.1) is 4.99 Å². The van der Waals surface area contributed by atoms with Crippen LogP contribution in [0.2, 0.25) is 0 Å². The summed E-state index contributed by atoms with van der Waals surface area (Å²) in [6.07, 6.45) is 14.2. The lowest BCUT2D eigenvalue weighted by Crippen LogP contribution is -2.44. The monoisotopic (exact) mass is 608 g/mol. The van der Waals surface area contributed by atoms with Crippen molar-refractivity contribution in [2.45, 2.75) is 123 Å². The first-order chi connectivity index (χ1) is 21.2. The van der Waals surface area contributed by atoms with Gasteiger partial charge in [0.2, 0.25) is 17.7 Å². The standard InChI is InChI=1S/C33H48N6O5/c1-5-6-7-8-9-10-11-12-13-16-21-38-23-25(24-18-14-15-19-26(24)38)28-34-29(44-37-28)27-20-17-22-39(27)30(35-31(40)41)36-32(42)43-33(2,3)4/h14-15,18-19,23,27H,5-13,16-17,20-22H2,1-4H3,(H,40,41)(H,35,36,42)/t27-/m0/s1. The molecule has 1 atom stereocenters. The fraction of sp³-hybridized carbons (Fsp3) is 0.606. The van der Waals surface area contributed by atoms with Crippen LogP contribution >= 0.6 is 0 Å². The molecule has 1 aromatic carbocycles. The lowest BCUT2D eigenvalue weighted by Gasteiger charge is -2.25. The van der Waals surface area contributed by atoms with Gasteiger partial charge in [-0.2, -0.15) is 4.98 Å². The van der Waals surface area contributed by atoms with E-state index in [1.54, 1.807) is 25.7 Å². The van der Waals surface area contributed by atoms with Crippen LogP contribution in [-0.2, 0) is 11.3 Å². The second-order valence-electron chi connectivity index (χ2n) is 12.6. The number of carbonyl (C=O) groups excluding carboxylic acids is 1. The zero-order valence-electron chi connectivity index (χ0n) is 26.7. The van der Waals surface area contributed by atoms with Crippen molar-refractivity contribution in [1.29, 1.82) is 0 Å². The van der Waals surface area contributed by atoms with Crippen molar-refractivity contribution >= 4 is 29.0 Å². The summed E-state index contributed by atoms with van der Waals surface area (Å²) < 4.78 is 13.3. The van der Waals surface area contributed by atoms with Crippen molar-refractivity contribution in [3.05, 3.63) is 36.4 Å². The van der Waals surface area contributed by atoms with Gasteiger partial charge in [0.05, 0.1) is 0 Å². The van der Waals surface area contributed by atoms with E-state index in [0.29, 0.717) is 24.7 Å². The topological polar surface area (TPSA) is 135 Å². The summed E-state index contributed by atoms with van der Waals surface area (Å²) in [6.45, 7) is 8.80. The number of hydrogen-bond acceptors (Lipinski definition) is 6. The lowest BCUT2D eigenvalue weighted by atomic mass is 10.1. The van der Waals surface area contributed by atoms with Gasteiger partial charge in [-0.05, 0) is 46.1 Å². The molecule has 11 nitrogen and oxygen atoms in total. The van der Waals surface area contributed by atoms with Crippen LogP contribution in [0.15, 0.2) is 40.0 Å². The number of rotatable bonds is 13. The number of nitrogens with one attached hydrogen (secondary N) is 1. The number of aliphatic imine (C=N–C) groups is 1. The van der Waals surface area contributed by atoms with E-state index in [4.69, 9.17) is 14.2 Å². The molecule has 44 heavy (non-hydrogen) atoms. The van der Waals surface area contributed by atoms with E-state index >= 15 is 0 Å². The first-order valence-electron chi connectivity index (χ1n) is 16.2. The number of aryl methyl sites for hydroxylation is 1. The quantitative estimate of drug-likeness (QED) is 0.112. The molecule has 0 saturated carbocycles. The van der Waals surface area contributed by atoms with E-state index in [1.165, 1.54) is 57.8 Å². The summed E-state index contributed by atoms with van der Waals surface area (Å²) in [4.78, 5) is 34.3. The predicted molar refractivity (Wildman–Crippen MR) is 171 cm³/mol.